The Labute approximate surface area is 108 Å². The summed E-state index contributed by atoms with van der Waals surface area (Å²) in [5.74, 6) is 1.06. The maximum absolute atomic E-state index is 6.19. The first-order valence-electron chi connectivity index (χ1n) is 6.11. The molecule has 1 aromatic carbocycles. The van der Waals surface area contributed by atoms with E-state index >= 15 is 0 Å². The van der Waals surface area contributed by atoms with Crippen LogP contribution in [0.4, 0.5) is 0 Å². The molecule has 1 aliphatic rings. The van der Waals surface area contributed by atoms with Crippen LogP contribution in [0, 0.1) is 0 Å². The van der Waals surface area contributed by atoms with E-state index in [4.69, 9.17) is 16.3 Å². The second kappa shape index (κ2) is 6.08. The molecule has 1 atom stereocenters. The normalized spacial score (nSPS) is 16.5. The highest BCUT2D eigenvalue weighted by Crippen LogP contribution is 2.21. The van der Waals surface area contributed by atoms with E-state index in [0.717, 1.165) is 42.3 Å². The number of hydrogen-bond acceptors (Lipinski definition) is 2. The van der Waals surface area contributed by atoms with Crippen molar-refractivity contribution < 1.29 is 4.74 Å². The molecule has 0 saturated carbocycles. The number of rotatable bonds is 5. The molecule has 1 N–H and O–H groups in total. The predicted molar refractivity (Wildman–Crippen MR) is 71.3 cm³/mol. The lowest BCUT2D eigenvalue weighted by molar-refractivity contribution is 0.215. The predicted octanol–water partition coefficient (Wildman–Crippen LogP) is 3.16. The molecule has 1 aliphatic heterocycles. The lowest BCUT2D eigenvalue weighted by Crippen LogP contribution is -2.33. The molecule has 92 valence electrons. The number of hydrogen-bond donors (Lipinski definition) is 1. The zero-order valence-corrected chi connectivity index (χ0v) is 10.8. The first-order chi connectivity index (χ1) is 8.31. The van der Waals surface area contributed by atoms with E-state index in [9.17, 15) is 0 Å². The summed E-state index contributed by atoms with van der Waals surface area (Å²) in [5, 5.41) is 4.28. The van der Waals surface area contributed by atoms with Crippen molar-refractivity contribution in [3.63, 3.8) is 0 Å². The first kappa shape index (κ1) is 12.5. The zero-order valence-electron chi connectivity index (χ0n) is 10.1. The van der Waals surface area contributed by atoms with Gasteiger partial charge in [0.1, 0.15) is 5.76 Å². The van der Waals surface area contributed by atoms with Crippen LogP contribution >= 0.6 is 11.6 Å². The Morgan fingerprint density at radius 3 is 2.88 bits per heavy atom. The maximum Gasteiger partial charge on any atom is 0.109 e. The van der Waals surface area contributed by atoms with E-state index in [1.807, 2.05) is 18.2 Å². The summed E-state index contributed by atoms with van der Waals surface area (Å²) in [7, 11) is 0. The quantitative estimate of drug-likeness (QED) is 0.868. The Bertz CT molecular complexity index is 403. The fourth-order valence-corrected chi connectivity index (χ4v) is 2.30. The highest BCUT2D eigenvalue weighted by atomic mass is 35.5. The molecule has 2 rings (SSSR count). The number of ether oxygens (including phenoxy) is 1. The smallest absolute Gasteiger partial charge is 0.109 e. The lowest BCUT2D eigenvalue weighted by Gasteiger charge is -2.19. The maximum atomic E-state index is 6.19. The first-order valence-corrected chi connectivity index (χ1v) is 6.48. The van der Waals surface area contributed by atoms with E-state index in [0.29, 0.717) is 0 Å². The van der Waals surface area contributed by atoms with E-state index in [-0.39, 0.29) is 6.04 Å². The van der Waals surface area contributed by atoms with E-state index in [1.54, 1.807) is 0 Å². The van der Waals surface area contributed by atoms with Crippen molar-refractivity contribution in [2.45, 2.75) is 25.8 Å². The van der Waals surface area contributed by atoms with Crippen LogP contribution in [-0.4, -0.2) is 19.2 Å². The monoisotopic (exact) mass is 251 g/mol. The van der Waals surface area contributed by atoms with Gasteiger partial charge in [-0.05, 0) is 30.7 Å². The Morgan fingerprint density at radius 2 is 2.24 bits per heavy atom. The van der Waals surface area contributed by atoms with Crippen molar-refractivity contribution in [1.29, 1.82) is 0 Å². The summed E-state index contributed by atoms with van der Waals surface area (Å²) in [4.78, 5) is 0. The fourth-order valence-electron chi connectivity index (χ4n) is 2.08. The highest BCUT2D eigenvalue weighted by Gasteiger charge is 2.19. The summed E-state index contributed by atoms with van der Waals surface area (Å²) < 4.78 is 5.64. The largest absolute Gasteiger partial charge is 0.496 e. The molecular weight excluding hydrogens is 234 g/mol. The lowest BCUT2D eigenvalue weighted by atomic mass is 10.0. The molecule has 17 heavy (non-hydrogen) atoms. The van der Waals surface area contributed by atoms with Gasteiger partial charge >= 0.3 is 0 Å². The van der Waals surface area contributed by atoms with Crippen molar-refractivity contribution in [2.24, 2.45) is 0 Å². The van der Waals surface area contributed by atoms with E-state index in [2.05, 4.69) is 24.4 Å². The third kappa shape index (κ3) is 3.24. The SMILES string of the molecule is CCNC(Cc1ccccc1Cl)C1=CCCO1. The molecule has 0 aromatic heterocycles. The van der Waals surface area contributed by atoms with E-state index < -0.39 is 0 Å². The molecule has 0 fully saturated rings. The summed E-state index contributed by atoms with van der Waals surface area (Å²) >= 11 is 6.19. The third-order valence-corrected chi connectivity index (χ3v) is 3.28. The number of nitrogens with one attached hydrogen (secondary N) is 1. The summed E-state index contributed by atoms with van der Waals surface area (Å²) in [6, 6.07) is 8.22. The van der Waals surface area contributed by atoms with Crippen LogP contribution in [-0.2, 0) is 11.2 Å². The number of likely N-dealkylation sites (N-methyl/N-ethyl adjacent to an activating group) is 1. The van der Waals surface area contributed by atoms with Crippen molar-refractivity contribution in [1.82, 2.24) is 5.32 Å². The van der Waals surface area contributed by atoms with Gasteiger partial charge < -0.3 is 10.1 Å². The van der Waals surface area contributed by atoms with Gasteiger partial charge in [-0.2, -0.15) is 0 Å². The average Bonchev–Trinajstić information content (AvgIpc) is 2.85. The fraction of sp³-hybridized carbons (Fsp3) is 0.429. The topological polar surface area (TPSA) is 21.3 Å². The van der Waals surface area contributed by atoms with Crippen LogP contribution in [0.15, 0.2) is 36.1 Å². The summed E-state index contributed by atoms with van der Waals surface area (Å²) in [5.41, 5.74) is 1.16. The minimum Gasteiger partial charge on any atom is -0.496 e. The Balaban J connectivity index is 2.10. The van der Waals surface area contributed by atoms with Gasteiger partial charge in [0.25, 0.3) is 0 Å². The standard InChI is InChI=1S/C14H18ClNO/c1-2-16-13(14-8-5-9-17-14)10-11-6-3-4-7-12(11)15/h3-4,6-8,13,16H,2,5,9-10H2,1H3. The molecule has 0 aliphatic carbocycles. The van der Waals surface area contributed by atoms with Crippen LogP contribution in [0.3, 0.4) is 0 Å². The van der Waals surface area contributed by atoms with Gasteiger partial charge in [0.05, 0.1) is 12.6 Å². The molecule has 1 unspecified atom stereocenters. The van der Waals surface area contributed by atoms with Gasteiger partial charge in [0, 0.05) is 11.4 Å². The summed E-state index contributed by atoms with van der Waals surface area (Å²) in [6.45, 7) is 3.84. The molecule has 1 aromatic rings. The van der Waals surface area contributed by atoms with Crippen LogP contribution in [0.1, 0.15) is 18.9 Å². The Morgan fingerprint density at radius 1 is 1.41 bits per heavy atom. The minimum absolute atomic E-state index is 0.238. The summed E-state index contributed by atoms with van der Waals surface area (Å²) in [6.07, 6.45) is 4.06. The molecule has 0 spiro atoms. The zero-order chi connectivity index (χ0) is 12.1. The number of benzene rings is 1. The van der Waals surface area contributed by atoms with Crippen molar-refractivity contribution >= 4 is 11.6 Å². The molecule has 3 heteroatoms. The average molecular weight is 252 g/mol. The molecule has 0 bridgehead atoms. The van der Waals surface area contributed by atoms with Crippen molar-refractivity contribution in [3.8, 4) is 0 Å². The van der Waals surface area contributed by atoms with Crippen LogP contribution < -0.4 is 5.32 Å². The second-order valence-electron chi connectivity index (χ2n) is 4.15. The van der Waals surface area contributed by atoms with Crippen molar-refractivity contribution in [2.75, 3.05) is 13.2 Å². The Kier molecular flexibility index (Phi) is 4.46. The number of halogens is 1. The molecule has 0 amide bonds. The molecule has 0 saturated heterocycles. The van der Waals surface area contributed by atoms with Gasteiger partial charge in [0.15, 0.2) is 0 Å². The highest BCUT2D eigenvalue weighted by molar-refractivity contribution is 6.31. The third-order valence-electron chi connectivity index (χ3n) is 2.91. The molecule has 2 nitrogen and oxygen atoms in total. The van der Waals surface area contributed by atoms with Gasteiger partial charge in [-0.1, -0.05) is 36.7 Å². The van der Waals surface area contributed by atoms with Crippen LogP contribution in [0.2, 0.25) is 5.02 Å². The second-order valence-corrected chi connectivity index (χ2v) is 4.56. The molecule has 1 heterocycles. The Hall–Kier alpha value is -0.990. The molecular formula is C14H18ClNO. The van der Waals surface area contributed by atoms with Gasteiger partial charge in [-0.25, -0.2) is 0 Å². The van der Waals surface area contributed by atoms with Crippen LogP contribution in [0.5, 0.6) is 0 Å². The van der Waals surface area contributed by atoms with Crippen molar-refractivity contribution in [3.05, 3.63) is 46.7 Å². The van der Waals surface area contributed by atoms with Gasteiger partial charge in [0.2, 0.25) is 0 Å². The van der Waals surface area contributed by atoms with E-state index in [1.165, 1.54) is 0 Å². The minimum atomic E-state index is 0.238. The van der Waals surface area contributed by atoms with Crippen LogP contribution in [0.25, 0.3) is 0 Å². The van der Waals surface area contributed by atoms with Gasteiger partial charge in [-0.3, -0.25) is 0 Å². The molecule has 0 radical (unpaired) electrons. The van der Waals surface area contributed by atoms with Gasteiger partial charge in [-0.15, -0.1) is 0 Å².